The van der Waals surface area contributed by atoms with Crippen molar-refractivity contribution in [2.45, 2.75) is 25.3 Å². The van der Waals surface area contributed by atoms with Crippen LogP contribution >= 0.6 is 0 Å². The number of hydrogen-bond donors (Lipinski definition) is 1. The average molecular weight is 273 g/mol. The van der Waals surface area contributed by atoms with Gasteiger partial charge < -0.3 is 10.5 Å². The molecule has 0 radical (unpaired) electrons. The molecule has 2 unspecified atom stereocenters. The highest BCUT2D eigenvalue weighted by Gasteiger charge is 2.28. The molecule has 1 aliphatic carbocycles. The van der Waals surface area contributed by atoms with Crippen LogP contribution in [-0.4, -0.2) is 37.7 Å². The predicted octanol–water partition coefficient (Wildman–Crippen LogP) is 2.00. The molecule has 2 atom stereocenters. The van der Waals surface area contributed by atoms with Crippen LogP contribution in [0.5, 0.6) is 5.75 Å². The smallest absolute Gasteiger partial charge is 0.119 e. The molecule has 108 valence electrons. The molecule has 1 saturated carbocycles. The summed E-state index contributed by atoms with van der Waals surface area (Å²) in [6, 6.07) is 9.95. The molecule has 2 N–H and O–H groups in total. The molecule has 0 aromatic heterocycles. The van der Waals surface area contributed by atoms with Gasteiger partial charge in [-0.05, 0) is 56.6 Å². The Hall–Kier alpha value is -1.57. The van der Waals surface area contributed by atoms with Crippen molar-refractivity contribution in [1.29, 1.82) is 5.26 Å². The molecule has 1 fully saturated rings. The average Bonchev–Trinajstić information content (AvgIpc) is 2.96. The fourth-order valence-corrected chi connectivity index (χ4v) is 2.97. The number of likely N-dealkylation sites (N-methyl/N-ethyl adjacent to an activating group) is 1. The SMILES string of the molecule is CN(CCOc1ccc(C#N)cc1)C1CCCC1CN. The highest BCUT2D eigenvalue weighted by Crippen LogP contribution is 2.28. The number of nitriles is 1. The Morgan fingerprint density at radius 2 is 2.10 bits per heavy atom. The van der Waals surface area contributed by atoms with Gasteiger partial charge in [0.15, 0.2) is 0 Å². The van der Waals surface area contributed by atoms with E-state index >= 15 is 0 Å². The van der Waals surface area contributed by atoms with Crippen LogP contribution in [0, 0.1) is 17.2 Å². The number of benzene rings is 1. The standard InChI is InChI=1S/C16H23N3O/c1-19(16-4-2-3-14(16)12-18)9-10-20-15-7-5-13(11-17)6-8-15/h5-8,14,16H,2-4,9-10,12,18H2,1H3. The van der Waals surface area contributed by atoms with E-state index in [1.54, 1.807) is 12.1 Å². The lowest BCUT2D eigenvalue weighted by atomic mass is 10.0. The van der Waals surface area contributed by atoms with Gasteiger partial charge in [-0.2, -0.15) is 5.26 Å². The number of rotatable bonds is 6. The zero-order valence-electron chi connectivity index (χ0n) is 12.1. The quantitative estimate of drug-likeness (QED) is 0.861. The van der Waals surface area contributed by atoms with Crippen molar-refractivity contribution < 1.29 is 4.74 Å². The molecule has 0 aliphatic heterocycles. The van der Waals surface area contributed by atoms with Gasteiger partial charge in [-0.25, -0.2) is 0 Å². The third-order valence-corrected chi connectivity index (χ3v) is 4.18. The van der Waals surface area contributed by atoms with Crippen LogP contribution in [0.1, 0.15) is 24.8 Å². The number of ether oxygens (including phenoxy) is 1. The first-order valence-electron chi connectivity index (χ1n) is 7.28. The summed E-state index contributed by atoms with van der Waals surface area (Å²) in [5.41, 5.74) is 6.48. The van der Waals surface area contributed by atoms with E-state index in [2.05, 4.69) is 18.0 Å². The summed E-state index contributed by atoms with van der Waals surface area (Å²) < 4.78 is 5.72. The van der Waals surface area contributed by atoms with Crippen LogP contribution in [0.25, 0.3) is 0 Å². The lowest BCUT2D eigenvalue weighted by Gasteiger charge is -2.28. The summed E-state index contributed by atoms with van der Waals surface area (Å²) in [5, 5.41) is 8.74. The van der Waals surface area contributed by atoms with Gasteiger partial charge in [-0.1, -0.05) is 6.42 Å². The van der Waals surface area contributed by atoms with Crippen molar-refractivity contribution in [3.8, 4) is 11.8 Å². The zero-order valence-corrected chi connectivity index (χ0v) is 12.1. The van der Waals surface area contributed by atoms with Crippen molar-refractivity contribution in [3.63, 3.8) is 0 Å². The van der Waals surface area contributed by atoms with E-state index in [0.29, 0.717) is 24.1 Å². The summed E-state index contributed by atoms with van der Waals surface area (Å²) in [4.78, 5) is 2.37. The van der Waals surface area contributed by atoms with E-state index in [1.165, 1.54) is 19.3 Å². The van der Waals surface area contributed by atoms with Gasteiger partial charge in [0.2, 0.25) is 0 Å². The molecule has 0 bridgehead atoms. The van der Waals surface area contributed by atoms with Crippen molar-refractivity contribution in [2.75, 3.05) is 26.7 Å². The van der Waals surface area contributed by atoms with Crippen LogP contribution in [0.15, 0.2) is 24.3 Å². The second-order valence-electron chi connectivity index (χ2n) is 5.46. The Bertz CT molecular complexity index is 452. The molecule has 0 heterocycles. The van der Waals surface area contributed by atoms with Crippen LogP contribution in [-0.2, 0) is 0 Å². The first kappa shape index (κ1) is 14.8. The second-order valence-corrected chi connectivity index (χ2v) is 5.46. The molecule has 0 spiro atoms. The minimum absolute atomic E-state index is 0.601. The van der Waals surface area contributed by atoms with Crippen LogP contribution < -0.4 is 10.5 Å². The Morgan fingerprint density at radius 3 is 2.75 bits per heavy atom. The summed E-state index contributed by atoms with van der Waals surface area (Å²) in [7, 11) is 2.15. The molecule has 1 aliphatic rings. The van der Waals surface area contributed by atoms with Crippen LogP contribution in [0.2, 0.25) is 0 Å². The predicted molar refractivity (Wildman–Crippen MR) is 79.5 cm³/mol. The van der Waals surface area contributed by atoms with Gasteiger partial charge in [0.1, 0.15) is 12.4 Å². The Kier molecular flexibility index (Phi) is 5.40. The van der Waals surface area contributed by atoms with Crippen LogP contribution in [0.3, 0.4) is 0 Å². The summed E-state index contributed by atoms with van der Waals surface area (Å²) in [6.45, 7) is 2.35. The normalized spacial score (nSPS) is 21.9. The van der Waals surface area contributed by atoms with Crippen LogP contribution in [0.4, 0.5) is 0 Å². The van der Waals surface area contributed by atoms with E-state index in [9.17, 15) is 0 Å². The Morgan fingerprint density at radius 1 is 1.35 bits per heavy atom. The minimum Gasteiger partial charge on any atom is -0.492 e. The molecule has 4 heteroatoms. The Balaban J connectivity index is 1.76. The molecule has 0 amide bonds. The maximum Gasteiger partial charge on any atom is 0.119 e. The topological polar surface area (TPSA) is 62.3 Å². The summed E-state index contributed by atoms with van der Waals surface area (Å²) >= 11 is 0. The summed E-state index contributed by atoms with van der Waals surface area (Å²) in [6.07, 6.45) is 3.78. The number of hydrogen-bond acceptors (Lipinski definition) is 4. The second kappa shape index (κ2) is 7.28. The van der Waals surface area contributed by atoms with Crippen molar-refractivity contribution in [1.82, 2.24) is 4.90 Å². The maximum atomic E-state index is 8.74. The van der Waals surface area contributed by atoms with E-state index in [4.69, 9.17) is 15.7 Å². The zero-order chi connectivity index (χ0) is 14.4. The molecule has 20 heavy (non-hydrogen) atoms. The van der Waals surface area contributed by atoms with Gasteiger partial charge in [0, 0.05) is 12.6 Å². The van der Waals surface area contributed by atoms with E-state index in [1.807, 2.05) is 12.1 Å². The largest absolute Gasteiger partial charge is 0.492 e. The third-order valence-electron chi connectivity index (χ3n) is 4.18. The molecule has 1 aromatic carbocycles. The fraction of sp³-hybridized carbons (Fsp3) is 0.562. The van der Waals surface area contributed by atoms with Gasteiger partial charge in [0.05, 0.1) is 11.6 Å². The maximum absolute atomic E-state index is 8.74. The Labute approximate surface area is 121 Å². The highest BCUT2D eigenvalue weighted by atomic mass is 16.5. The van der Waals surface area contributed by atoms with Crippen molar-refractivity contribution >= 4 is 0 Å². The van der Waals surface area contributed by atoms with Gasteiger partial charge in [-0.15, -0.1) is 0 Å². The van der Waals surface area contributed by atoms with E-state index in [0.717, 1.165) is 18.8 Å². The van der Waals surface area contributed by atoms with Crippen molar-refractivity contribution in [2.24, 2.45) is 11.7 Å². The van der Waals surface area contributed by atoms with E-state index < -0.39 is 0 Å². The molecule has 2 rings (SSSR count). The monoisotopic (exact) mass is 273 g/mol. The number of nitrogens with two attached hydrogens (primary N) is 1. The lowest BCUT2D eigenvalue weighted by Crippen LogP contribution is -2.39. The lowest BCUT2D eigenvalue weighted by molar-refractivity contribution is 0.165. The molecule has 1 aromatic rings. The highest BCUT2D eigenvalue weighted by molar-refractivity contribution is 5.34. The third kappa shape index (κ3) is 3.72. The molecular weight excluding hydrogens is 250 g/mol. The molecule has 0 saturated heterocycles. The fourth-order valence-electron chi connectivity index (χ4n) is 2.97. The molecular formula is C16H23N3O. The summed E-state index contributed by atoms with van der Waals surface area (Å²) in [5.74, 6) is 1.45. The van der Waals surface area contributed by atoms with Crippen molar-refractivity contribution in [3.05, 3.63) is 29.8 Å². The minimum atomic E-state index is 0.601. The molecule has 4 nitrogen and oxygen atoms in total. The van der Waals surface area contributed by atoms with E-state index in [-0.39, 0.29) is 0 Å². The first-order chi connectivity index (χ1) is 9.74. The van der Waals surface area contributed by atoms with Gasteiger partial charge in [-0.3, -0.25) is 4.90 Å². The number of nitrogens with zero attached hydrogens (tertiary/aromatic N) is 2. The van der Waals surface area contributed by atoms with Gasteiger partial charge >= 0.3 is 0 Å². The van der Waals surface area contributed by atoms with Gasteiger partial charge in [0.25, 0.3) is 0 Å². The first-order valence-corrected chi connectivity index (χ1v) is 7.28.